The van der Waals surface area contributed by atoms with Crippen molar-refractivity contribution in [3.8, 4) is 11.4 Å². The Hall–Kier alpha value is -2.57. The zero-order valence-corrected chi connectivity index (χ0v) is 20.4. The van der Waals surface area contributed by atoms with Gasteiger partial charge < -0.3 is 14.0 Å². The van der Waals surface area contributed by atoms with Gasteiger partial charge in [0.05, 0.1) is 24.3 Å². The molecule has 0 bridgehead atoms. The van der Waals surface area contributed by atoms with E-state index in [1.807, 2.05) is 31.3 Å². The van der Waals surface area contributed by atoms with E-state index in [0.717, 1.165) is 58.9 Å². The molecule has 0 atom stereocenters. The summed E-state index contributed by atoms with van der Waals surface area (Å²) in [6.07, 6.45) is 6.04. The van der Waals surface area contributed by atoms with Crippen molar-refractivity contribution in [2.75, 3.05) is 13.7 Å². The standard InChI is InChI=1S/C25H27ClN2O3S/c1-5-31-25(29)23-19-8-6-7-9-22(19)32-24(23)27-14-17-12-15(2)28(16(17)3)18-10-11-21(30-4)20(26)13-18/h10-14H,5-9H2,1-4H3. The summed E-state index contributed by atoms with van der Waals surface area (Å²) in [5.41, 5.74) is 5.86. The molecule has 32 heavy (non-hydrogen) atoms. The van der Waals surface area contributed by atoms with Gasteiger partial charge in [0.2, 0.25) is 0 Å². The first-order chi connectivity index (χ1) is 15.4. The van der Waals surface area contributed by atoms with Gasteiger partial charge in [0, 0.05) is 33.7 Å². The number of benzene rings is 1. The van der Waals surface area contributed by atoms with Crippen LogP contribution in [0.1, 0.15) is 57.5 Å². The van der Waals surface area contributed by atoms with Crippen LogP contribution in [0.25, 0.3) is 5.69 Å². The smallest absolute Gasteiger partial charge is 0.341 e. The first kappa shape index (κ1) is 22.6. The lowest BCUT2D eigenvalue weighted by Crippen LogP contribution is -2.09. The molecule has 7 heteroatoms. The SMILES string of the molecule is CCOC(=O)c1c(N=Cc2cc(C)n(-c3ccc(OC)c(Cl)c3)c2C)sc2c1CCCC2. The van der Waals surface area contributed by atoms with Gasteiger partial charge in [-0.05, 0) is 76.3 Å². The van der Waals surface area contributed by atoms with Crippen molar-refractivity contribution < 1.29 is 14.3 Å². The molecule has 3 aromatic rings. The molecule has 4 rings (SSSR count). The number of nitrogens with zero attached hydrogens (tertiary/aromatic N) is 2. The molecule has 0 spiro atoms. The highest BCUT2D eigenvalue weighted by Gasteiger charge is 2.26. The number of hydrogen-bond acceptors (Lipinski definition) is 5. The molecule has 0 saturated heterocycles. The molecule has 0 aliphatic heterocycles. The molecule has 2 heterocycles. The second-order valence-corrected chi connectivity index (χ2v) is 9.34. The molecular formula is C25H27ClN2O3S. The lowest BCUT2D eigenvalue weighted by molar-refractivity contribution is 0.0526. The molecule has 1 aromatic carbocycles. The van der Waals surface area contributed by atoms with E-state index < -0.39 is 0 Å². The van der Waals surface area contributed by atoms with Crippen molar-refractivity contribution in [2.24, 2.45) is 4.99 Å². The number of aryl methyl sites for hydroxylation is 2. The predicted molar refractivity (Wildman–Crippen MR) is 131 cm³/mol. The van der Waals surface area contributed by atoms with Gasteiger partial charge in [-0.1, -0.05) is 11.6 Å². The fourth-order valence-electron chi connectivity index (χ4n) is 4.29. The Morgan fingerprint density at radius 3 is 2.75 bits per heavy atom. The van der Waals surface area contributed by atoms with Gasteiger partial charge in [-0.15, -0.1) is 11.3 Å². The van der Waals surface area contributed by atoms with Gasteiger partial charge >= 0.3 is 5.97 Å². The topological polar surface area (TPSA) is 52.8 Å². The number of halogens is 1. The minimum atomic E-state index is -0.266. The first-order valence-electron chi connectivity index (χ1n) is 10.8. The van der Waals surface area contributed by atoms with Gasteiger partial charge in [0.1, 0.15) is 10.8 Å². The van der Waals surface area contributed by atoms with Gasteiger partial charge in [-0.25, -0.2) is 9.79 Å². The van der Waals surface area contributed by atoms with Crippen LogP contribution in [0.5, 0.6) is 5.75 Å². The van der Waals surface area contributed by atoms with E-state index in [9.17, 15) is 4.79 Å². The fourth-order valence-corrected chi connectivity index (χ4v) is 5.77. The Kier molecular flexibility index (Phi) is 6.72. The highest BCUT2D eigenvalue weighted by Crippen LogP contribution is 2.40. The van der Waals surface area contributed by atoms with Crippen LogP contribution in [0.15, 0.2) is 29.3 Å². The van der Waals surface area contributed by atoms with E-state index in [-0.39, 0.29) is 5.97 Å². The lowest BCUT2D eigenvalue weighted by atomic mass is 9.95. The number of carbonyl (C=O) groups excluding carboxylic acids is 1. The van der Waals surface area contributed by atoms with Gasteiger partial charge in [0.25, 0.3) is 0 Å². The normalized spacial score (nSPS) is 13.4. The van der Waals surface area contributed by atoms with Crippen LogP contribution < -0.4 is 4.74 Å². The number of methoxy groups -OCH3 is 1. The summed E-state index contributed by atoms with van der Waals surface area (Å²) in [6.45, 7) is 6.30. The van der Waals surface area contributed by atoms with Crippen LogP contribution in [0.3, 0.4) is 0 Å². The minimum absolute atomic E-state index is 0.266. The maximum atomic E-state index is 12.7. The second kappa shape index (κ2) is 9.51. The average Bonchev–Trinajstić information content (AvgIpc) is 3.28. The van der Waals surface area contributed by atoms with Gasteiger partial charge in [-0.2, -0.15) is 0 Å². The summed E-state index contributed by atoms with van der Waals surface area (Å²) >= 11 is 7.97. The Balaban J connectivity index is 1.71. The van der Waals surface area contributed by atoms with Crippen LogP contribution in [0.2, 0.25) is 5.02 Å². The Morgan fingerprint density at radius 1 is 1.25 bits per heavy atom. The highest BCUT2D eigenvalue weighted by molar-refractivity contribution is 7.16. The number of aliphatic imine (C=N–C) groups is 1. The summed E-state index contributed by atoms with van der Waals surface area (Å²) in [5.74, 6) is 0.380. The molecule has 0 unspecified atom stereocenters. The van der Waals surface area contributed by atoms with Crippen molar-refractivity contribution in [1.29, 1.82) is 0 Å². The van der Waals surface area contributed by atoms with Crippen LogP contribution in [0.4, 0.5) is 5.00 Å². The monoisotopic (exact) mass is 470 g/mol. The zero-order chi connectivity index (χ0) is 22.8. The minimum Gasteiger partial charge on any atom is -0.495 e. The van der Waals surface area contributed by atoms with Crippen LogP contribution in [0, 0.1) is 13.8 Å². The number of carbonyl (C=O) groups is 1. The van der Waals surface area contributed by atoms with Crippen molar-refractivity contribution >= 4 is 40.1 Å². The van der Waals surface area contributed by atoms with Gasteiger partial charge in [-0.3, -0.25) is 0 Å². The van der Waals surface area contributed by atoms with Crippen molar-refractivity contribution in [2.45, 2.75) is 46.5 Å². The van der Waals surface area contributed by atoms with Crippen molar-refractivity contribution in [1.82, 2.24) is 4.57 Å². The zero-order valence-electron chi connectivity index (χ0n) is 18.8. The number of thiophene rings is 1. The summed E-state index contributed by atoms with van der Waals surface area (Å²) < 4.78 is 12.8. The van der Waals surface area contributed by atoms with Crippen LogP contribution in [-0.4, -0.2) is 30.5 Å². The van der Waals surface area contributed by atoms with E-state index in [4.69, 9.17) is 26.1 Å². The van der Waals surface area contributed by atoms with E-state index >= 15 is 0 Å². The molecule has 0 amide bonds. The third-order valence-corrected chi connectivity index (χ3v) is 7.31. The summed E-state index contributed by atoms with van der Waals surface area (Å²) in [4.78, 5) is 18.7. The Bertz CT molecular complexity index is 1190. The molecule has 0 radical (unpaired) electrons. The first-order valence-corrected chi connectivity index (χ1v) is 12.0. The molecule has 1 aliphatic carbocycles. The number of rotatable bonds is 6. The quantitative estimate of drug-likeness (QED) is 0.300. The molecule has 2 aromatic heterocycles. The molecule has 168 valence electrons. The number of hydrogen-bond donors (Lipinski definition) is 0. The molecule has 0 saturated carbocycles. The molecule has 0 N–H and O–H groups in total. The largest absolute Gasteiger partial charge is 0.495 e. The molecule has 0 fully saturated rings. The molecule has 1 aliphatic rings. The van der Waals surface area contributed by atoms with E-state index in [0.29, 0.717) is 22.9 Å². The summed E-state index contributed by atoms with van der Waals surface area (Å²) in [5, 5.41) is 1.31. The van der Waals surface area contributed by atoms with Crippen molar-refractivity contribution in [3.63, 3.8) is 0 Å². The number of fused-ring (bicyclic) bond motifs is 1. The third-order valence-electron chi connectivity index (χ3n) is 5.82. The third kappa shape index (κ3) is 4.21. The van der Waals surface area contributed by atoms with Crippen LogP contribution >= 0.6 is 22.9 Å². The maximum absolute atomic E-state index is 12.7. The number of aromatic nitrogens is 1. The predicted octanol–water partition coefficient (Wildman–Crippen LogP) is 6.62. The van der Waals surface area contributed by atoms with E-state index in [1.165, 1.54) is 4.88 Å². The Labute approximate surface area is 197 Å². The molecule has 5 nitrogen and oxygen atoms in total. The fraction of sp³-hybridized carbons (Fsp3) is 0.360. The van der Waals surface area contributed by atoms with Crippen LogP contribution in [-0.2, 0) is 17.6 Å². The second-order valence-electron chi connectivity index (χ2n) is 7.85. The number of esters is 1. The van der Waals surface area contributed by atoms with E-state index in [1.54, 1.807) is 18.4 Å². The van der Waals surface area contributed by atoms with Crippen molar-refractivity contribution in [3.05, 3.63) is 62.2 Å². The molecular weight excluding hydrogens is 444 g/mol. The maximum Gasteiger partial charge on any atom is 0.341 e. The van der Waals surface area contributed by atoms with Gasteiger partial charge in [0.15, 0.2) is 0 Å². The lowest BCUT2D eigenvalue weighted by Gasteiger charge is -2.12. The number of ether oxygens (including phenoxy) is 2. The highest BCUT2D eigenvalue weighted by atomic mass is 35.5. The Morgan fingerprint density at radius 2 is 2.03 bits per heavy atom. The summed E-state index contributed by atoms with van der Waals surface area (Å²) in [7, 11) is 1.61. The summed E-state index contributed by atoms with van der Waals surface area (Å²) in [6, 6.07) is 7.84. The van der Waals surface area contributed by atoms with E-state index in [2.05, 4.69) is 24.5 Å². The average molecular weight is 471 g/mol.